The monoisotopic (exact) mass is 1400 g/mol. The van der Waals surface area contributed by atoms with Crippen LogP contribution in [0.1, 0.15) is 401 Å². The molecule has 5 atom stereocenters. The zero-order chi connectivity index (χ0) is 69.8. The SMILES string of the molecule is CCCCCCCCCCCCCCCCCCCCCC(=O)O[C@H](COC(=O)CCCCCCCCCCCCCCCCCCCC)COP(=O)(O)OC[C@@H](O)COP(=O)(O)OC[C@@H](COC(=O)CCCCCCCCCC)OC(=O)CCCCCCCCCC(C)C. The summed E-state index contributed by atoms with van der Waals surface area (Å²) < 4.78 is 68.4. The number of rotatable bonds is 76. The zero-order valence-corrected chi connectivity index (χ0v) is 63.6. The van der Waals surface area contributed by atoms with Gasteiger partial charge in [-0.1, -0.05) is 349 Å². The lowest BCUT2D eigenvalue weighted by Gasteiger charge is -2.21. The number of esters is 4. The number of unbranched alkanes of at least 4 members (excludes halogenated alkanes) is 48. The van der Waals surface area contributed by atoms with E-state index >= 15 is 0 Å². The van der Waals surface area contributed by atoms with Crippen LogP contribution in [0.5, 0.6) is 0 Å². The van der Waals surface area contributed by atoms with Gasteiger partial charge in [-0.2, -0.15) is 0 Å². The van der Waals surface area contributed by atoms with Gasteiger partial charge in [-0.15, -0.1) is 0 Å². The number of ether oxygens (including phenoxy) is 4. The van der Waals surface area contributed by atoms with E-state index in [-0.39, 0.29) is 25.7 Å². The lowest BCUT2D eigenvalue weighted by atomic mass is 10.0. The fourth-order valence-electron chi connectivity index (χ4n) is 11.7. The van der Waals surface area contributed by atoms with Gasteiger partial charge in [-0.05, 0) is 31.6 Å². The summed E-state index contributed by atoms with van der Waals surface area (Å²) >= 11 is 0. The van der Waals surface area contributed by atoms with E-state index in [9.17, 15) is 43.2 Å². The minimum Gasteiger partial charge on any atom is -0.462 e. The first-order valence-electron chi connectivity index (χ1n) is 39.6. The lowest BCUT2D eigenvalue weighted by molar-refractivity contribution is -0.161. The van der Waals surface area contributed by atoms with Gasteiger partial charge in [-0.25, -0.2) is 9.13 Å². The minimum atomic E-state index is -4.96. The van der Waals surface area contributed by atoms with Crippen LogP contribution < -0.4 is 0 Å². The molecule has 564 valence electrons. The smallest absolute Gasteiger partial charge is 0.462 e. The Balaban J connectivity index is 5.18. The van der Waals surface area contributed by atoms with Crippen molar-refractivity contribution in [3.63, 3.8) is 0 Å². The maximum absolute atomic E-state index is 13.1. The van der Waals surface area contributed by atoms with Crippen LogP contribution in [0.25, 0.3) is 0 Å². The van der Waals surface area contributed by atoms with E-state index in [2.05, 4.69) is 34.6 Å². The number of hydrogen-bond donors (Lipinski definition) is 3. The van der Waals surface area contributed by atoms with E-state index in [0.29, 0.717) is 31.6 Å². The topological polar surface area (TPSA) is 237 Å². The van der Waals surface area contributed by atoms with Crippen molar-refractivity contribution >= 4 is 39.5 Å². The van der Waals surface area contributed by atoms with E-state index < -0.39 is 97.5 Å². The molecule has 0 spiro atoms. The molecule has 0 heterocycles. The molecule has 0 aromatic heterocycles. The maximum atomic E-state index is 13.1. The first-order valence-corrected chi connectivity index (χ1v) is 42.6. The molecule has 0 bridgehead atoms. The highest BCUT2D eigenvalue weighted by Crippen LogP contribution is 2.45. The second-order valence-electron chi connectivity index (χ2n) is 27.9. The van der Waals surface area contributed by atoms with E-state index in [1.165, 1.54) is 218 Å². The number of aliphatic hydroxyl groups excluding tert-OH is 1. The van der Waals surface area contributed by atoms with Crippen molar-refractivity contribution in [2.24, 2.45) is 5.92 Å². The predicted octanol–water partition coefficient (Wildman–Crippen LogP) is 22.5. The first-order chi connectivity index (χ1) is 46.0. The highest BCUT2D eigenvalue weighted by Gasteiger charge is 2.30. The van der Waals surface area contributed by atoms with Crippen LogP contribution in [0.4, 0.5) is 0 Å². The standard InChI is InChI=1S/C76H148O17P2/c1-6-9-12-15-18-21-23-25-27-29-31-33-35-37-39-41-46-51-56-61-75(80)92-71(66-87-74(79)60-55-50-45-40-38-36-34-32-30-28-26-24-22-19-16-13-10-7-2)67-90-94(82,83)88-63-70(77)64-89-95(84,85)91-68-72(65-86-73(78)59-54-49-44-20-17-14-11-8-3)93-76(81)62-57-52-47-42-43-48-53-58-69(4)5/h69-72,77H,6-68H2,1-5H3,(H,82,83)(H,84,85)/t70-,71-,72-/m1/s1. The Morgan fingerprint density at radius 3 is 0.716 bits per heavy atom. The molecule has 2 unspecified atom stereocenters. The van der Waals surface area contributed by atoms with E-state index in [0.717, 1.165) is 96.3 Å². The quantitative estimate of drug-likeness (QED) is 0.0222. The van der Waals surface area contributed by atoms with Gasteiger partial charge in [0.05, 0.1) is 26.4 Å². The molecule has 0 aromatic carbocycles. The molecule has 0 aromatic rings. The van der Waals surface area contributed by atoms with Crippen molar-refractivity contribution in [1.82, 2.24) is 0 Å². The summed E-state index contributed by atoms with van der Waals surface area (Å²) in [5.41, 5.74) is 0. The van der Waals surface area contributed by atoms with Crippen molar-refractivity contribution in [1.29, 1.82) is 0 Å². The third-order valence-corrected chi connectivity index (χ3v) is 19.7. The van der Waals surface area contributed by atoms with Crippen molar-refractivity contribution in [3.05, 3.63) is 0 Å². The van der Waals surface area contributed by atoms with Gasteiger partial charge in [0.25, 0.3) is 0 Å². The van der Waals surface area contributed by atoms with Crippen LogP contribution in [0, 0.1) is 5.92 Å². The number of hydrogen-bond acceptors (Lipinski definition) is 15. The van der Waals surface area contributed by atoms with Crippen LogP contribution in [0.3, 0.4) is 0 Å². The third kappa shape index (κ3) is 70.3. The molecule has 3 N–H and O–H groups in total. The van der Waals surface area contributed by atoms with Gasteiger partial charge in [0, 0.05) is 25.7 Å². The lowest BCUT2D eigenvalue weighted by Crippen LogP contribution is -2.30. The van der Waals surface area contributed by atoms with Crippen LogP contribution in [0.15, 0.2) is 0 Å². The average molecular weight is 1400 g/mol. The van der Waals surface area contributed by atoms with Crippen molar-refractivity contribution < 1.29 is 80.2 Å². The van der Waals surface area contributed by atoms with E-state index in [4.69, 9.17) is 37.0 Å². The van der Waals surface area contributed by atoms with E-state index in [1.807, 2.05) is 0 Å². The van der Waals surface area contributed by atoms with Gasteiger partial charge < -0.3 is 33.8 Å². The highest BCUT2D eigenvalue weighted by molar-refractivity contribution is 7.47. The second-order valence-corrected chi connectivity index (χ2v) is 30.8. The summed E-state index contributed by atoms with van der Waals surface area (Å²) in [4.78, 5) is 72.7. The molecule has 0 saturated carbocycles. The van der Waals surface area contributed by atoms with Crippen LogP contribution in [-0.4, -0.2) is 96.7 Å². The van der Waals surface area contributed by atoms with Gasteiger partial charge in [0.15, 0.2) is 12.2 Å². The summed E-state index contributed by atoms with van der Waals surface area (Å²) in [6.07, 6.45) is 58.6. The Morgan fingerprint density at radius 1 is 0.284 bits per heavy atom. The van der Waals surface area contributed by atoms with Gasteiger partial charge in [-0.3, -0.25) is 37.3 Å². The number of phosphoric ester groups is 2. The van der Waals surface area contributed by atoms with Gasteiger partial charge in [0.2, 0.25) is 0 Å². The number of carbonyl (C=O) groups excluding carboxylic acids is 4. The second kappa shape index (κ2) is 69.2. The molecule has 95 heavy (non-hydrogen) atoms. The average Bonchev–Trinajstić information content (AvgIpc) is 3.72. The molecule has 0 fully saturated rings. The fraction of sp³-hybridized carbons (Fsp3) is 0.947. The first kappa shape index (κ1) is 93.1. The molecular formula is C76H148O17P2. The Morgan fingerprint density at radius 2 is 0.484 bits per heavy atom. The largest absolute Gasteiger partial charge is 0.472 e. The molecule has 0 saturated heterocycles. The Hall–Kier alpha value is -1.94. The molecule has 0 rings (SSSR count). The van der Waals surface area contributed by atoms with E-state index in [1.54, 1.807) is 0 Å². The number of carbonyl (C=O) groups is 4. The molecule has 17 nitrogen and oxygen atoms in total. The summed E-state index contributed by atoms with van der Waals surface area (Å²) in [5.74, 6) is -1.42. The van der Waals surface area contributed by atoms with Crippen LogP contribution >= 0.6 is 15.6 Å². The molecular weight excluding hydrogens is 1250 g/mol. The van der Waals surface area contributed by atoms with Crippen molar-refractivity contribution in [3.8, 4) is 0 Å². The predicted molar refractivity (Wildman–Crippen MR) is 386 cm³/mol. The zero-order valence-electron chi connectivity index (χ0n) is 61.8. The number of aliphatic hydroxyl groups is 1. The van der Waals surface area contributed by atoms with Crippen LogP contribution in [0.2, 0.25) is 0 Å². The molecule has 0 aliphatic rings. The normalized spacial score (nSPS) is 13.9. The number of phosphoric acid groups is 2. The Kier molecular flexibility index (Phi) is 67.7. The van der Waals surface area contributed by atoms with Crippen molar-refractivity contribution in [2.45, 2.75) is 419 Å². The molecule has 19 heteroatoms. The Bertz CT molecular complexity index is 1820. The molecule has 0 amide bonds. The summed E-state index contributed by atoms with van der Waals surface area (Å²) in [6.45, 7) is 7.20. The Labute approximate surface area is 581 Å². The van der Waals surface area contributed by atoms with Gasteiger partial charge >= 0.3 is 39.5 Å². The highest BCUT2D eigenvalue weighted by atomic mass is 31.2. The fourth-order valence-corrected chi connectivity index (χ4v) is 13.3. The maximum Gasteiger partial charge on any atom is 0.472 e. The molecule has 0 radical (unpaired) electrons. The van der Waals surface area contributed by atoms with Crippen LogP contribution in [-0.2, 0) is 65.4 Å². The van der Waals surface area contributed by atoms with Gasteiger partial charge in [0.1, 0.15) is 19.3 Å². The summed E-state index contributed by atoms with van der Waals surface area (Å²) in [5, 5.41) is 10.6. The summed E-state index contributed by atoms with van der Waals surface area (Å²) in [7, 11) is -9.90. The summed E-state index contributed by atoms with van der Waals surface area (Å²) in [6, 6.07) is 0. The molecule has 0 aliphatic heterocycles. The third-order valence-electron chi connectivity index (χ3n) is 17.8. The minimum absolute atomic E-state index is 0.104. The molecule has 0 aliphatic carbocycles. The van der Waals surface area contributed by atoms with Crippen molar-refractivity contribution in [2.75, 3.05) is 39.6 Å².